The molecule has 1 saturated heterocycles. The molecule has 9 nitrogen and oxygen atoms in total. The molecule has 5 rings (SSSR count). The van der Waals surface area contributed by atoms with Crippen LogP contribution >= 0.6 is 0 Å². The number of aliphatic hydroxyl groups is 2. The standard InChI is InChI=1S/C23H25N5O4/c1-28-10-8-23(31,21(28)30)20-13-19(27-32-20)15-4-2-3-14(11-15)18-7-9-24-22(26-18)25-16-5-6-17(29)12-16/h2-4,7,9,11,13,16-17,29,31H,5-6,8,10,12H2,1H3,(H,24,25,26)/t16-,17-,23?/m0/s1. The van der Waals surface area contributed by atoms with Crippen molar-refractivity contribution in [2.24, 2.45) is 0 Å². The van der Waals surface area contributed by atoms with Crippen molar-refractivity contribution >= 4 is 11.9 Å². The molecule has 3 atom stereocenters. The summed E-state index contributed by atoms with van der Waals surface area (Å²) in [5.41, 5.74) is 1.27. The maximum Gasteiger partial charge on any atom is 0.262 e. The van der Waals surface area contributed by atoms with Gasteiger partial charge in [-0.25, -0.2) is 9.97 Å². The van der Waals surface area contributed by atoms with Gasteiger partial charge in [-0.15, -0.1) is 0 Å². The number of aromatic nitrogens is 3. The Bertz CT molecular complexity index is 1150. The number of anilines is 1. The number of benzene rings is 1. The second kappa shape index (κ2) is 7.99. The van der Waals surface area contributed by atoms with Crippen molar-refractivity contribution < 1.29 is 19.5 Å². The lowest BCUT2D eigenvalue weighted by atomic mass is 9.98. The van der Waals surface area contributed by atoms with Crippen LogP contribution in [0.4, 0.5) is 5.95 Å². The summed E-state index contributed by atoms with van der Waals surface area (Å²) < 4.78 is 5.37. The Labute approximate surface area is 185 Å². The number of carbonyl (C=O) groups is 1. The first kappa shape index (κ1) is 20.6. The molecular formula is C23H25N5O4. The van der Waals surface area contributed by atoms with Crippen LogP contribution in [-0.4, -0.2) is 61.9 Å². The van der Waals surface area contributed by atoms with E-state index < -0.39 is 5.60 Å². The lowest BCUT2D eigenvalue weighted by molar-refractivity contribution is -0.144. The fourth-order valence-corrected chi connectivity index (χ4v) is 4.39. The maximum absolute atomic E-state index is 12.3. The van der Waals surface area contributed by atoms with Crippen molar-refractivity contribution in [3.8, 4) is 22.5 Å². The number of likely N-dealkylation sites (N-methyl/N-ethyl adjacent to an activating group) is 1. The number of aliphatic hydroxyl groups excluding tert-OH is 1. The van der Waals surface area contributed by atoms with E-state index in [1.165, 1.54) is 4.90 Å². The Morgan fingerprint density at radius 1 is 1.19 bits per heavy atom. The van der Waals surface area contributed by atoms with Gasteiger partial charge in [-0.3, -0.25) is 4.79 Å². The number of rotatable bonds is 5. The van der Waals surface area contributed by atoms with Gasteiger partial charge in [0, 0.05) is 49.4 Å². The van der Waals surface area contributed by atoms with Gasteiger partial charge in [0.1, 0.15) is 5.69 Å². The van der Waals surface area contributed by atoms with E-state index in [1.54, 1.807) is 19.3 Å². The van der Waals surface area contributed by atoms with E-state index in [4.69, 9.17) is 4.52 Å². The van der Waals surface area contributed by atoms with Crippen molar-refractivity contribution in [1.29, 1.82) is 0 Å². The second-order valence-corrected chi connectivity index (χ2v) is 8.57. The average molecular weight is 435 g/mol. The predicted molar refractivity (Wildman–Crippen MR) is 116 cm³/mol. The molecule has 1 saturated carbocycles. The number of amides is 1. The first-order chi connectivity index (χ1) is 15.4. The summed E-state index contributed by atoms with van der Waals surface area (Å²) in [6, 6.07) is 11.3. The zero-order chi connectivity index (χ0) is 22.3. The van der Waals surface area contributed by atoms with Crippen molar-refractivity contribution in [1.82, 2.24) is 20.0 Å². The van der Waals surface area contributed by atoms with Gasteiger partial charge in [-0.2, -0.15) is 0 Å². The summed E-state index contributed by atoms with van der Waals surface area (Å²) in [5, 5.41) is 27.9. The topological polar surface area (TPSA) is 125 Å². The Balaban J connectivity index is 1.38. The minimum atomic E-state index is -1.67. The van der Waals surface area contributed by atoms with E-state index in [0.29, 0.717) is 24.6 Å². The molecule has 3 aromatic rings. The third-order valence-corrected chi connectivity index (χ3v) is 6.28. The normalized spacial score (nSPS) is 25.5. The van der Waals surface area contributed by atoms with Gasteiger partial charge in [0.25, 0.3) is 5.91 Å². The number of nitrogens with one attached hydrogen (secondary N) is 1. The minimum absolute atomic E-state index is 0.152. The third-order valence-electron chi connectivity index (χ3n) is 6.28. The van der Waals surface area contributed by atoms with E-state index in [2.05, 4.69) is 20.4 Å². The lowest BCUT2D eigenvalue weighted by Gasteiger charge is -2.16. The number of hydrogen-bond acceptors (Lipinski definition) is 8. The molecule has 1 aliphatic carbocycles. The molecular weight excluding hydrogens is 410 g/mol. The van der Waals surface area contributed by atoms with Gasteiger partial charge in [0.15, 0.2) is 5.76 Å². The van der Waals surface area contributed by atoms with Crippen LogP contribution in [0, 0.1) is 0 Å². The van der Waals surface area contributed by atoms with Crippen LogP contribution in [-0.2, 0) is 10.4 Å². The predicted octanol–water partition coefficient (Wildman–Crippen LogP) is 2.17. The van der Waals surface area contributed by atoms with Crippen LogP contribution in [0.5, 0.6) is 0 Å². The molecule has 9 heteroatoms. The Kier molecular flexibility index (Phi) is 5.15. The highest BCUT2D eigenvalue weighted by atomic mass is 16.5. The smallest absolute Gasteiger partial charge is 0.262 e. The van der Waals surface area contributed by atoms with Crippen LogP contribution in [0.1, 0.15) is 31.4 Å². The Morgan fingerprint density at radius 3 is 2.72 bits per heavy atom. The molecule has 0 radical (unpaired) electrons. The molecule has 0 spiro atoms. The largest absolute Gasteiger partial charge is 0.393 e. The first-order valence-corrected chi connectivity index (χ1v) is 10.8. The molecule has 1 aliphatic heterocycles. The summed E-state index contributed by atoms with van der Waals surface area (Å²) in [5.74, 6) is 0.297. The zero-order valence-electron chi connectivity index (χ0n) is 17.7. The third kappa shape index (κ3) is 3.74. The molecule has 2 fully saturated rings. The van der Waals surface area contributed by atoms with E-state index in [1.807, 2.05) is 30.3 Å². The number of hydrogen-bond donors (Lipinski definition) is 3. The highest BCUT2D eigenvalue weighted by Gasteiger charge is 2.48. The van der Waals surface area contributed by atoms with Crippen LogP contribution < -0.4 is 5.32 Å². The monoisotopic (exact) mass is 435 g/mol. The number of nitrogens with zero attached hydrogens (tertiary/aromatic N) is 4. The summed E-state index contributed by atoms with van der Waals surface area (Å²) in [6.45, 7) is 0.463. The Hall–Kier alpha value is -3.30. The van der Waals surface area contributed by atoms with E-state index >= 15 is 0 Å². The van der Waals surface area contributed by atoms with Crippen LogP contribution in [0.15, 0.2) is 47.1 Å². The van der Waals surface area contributed by atoms with E-state index in [0.717, 1.165) is 29.7 Å². The van der Waals surface area contributed by atoms with E-state index in [9.17, 15) is 15.0 Å². The molecule has 0 bridgehead atoms. The quantitative estimate of drug-likeness (QED) is 0.557. The molecule has 3 heterocycles. The number of likely N-dealkylation sites (tertiary alicyclic amines) is 1. The van der Waals surface area contributed by atoms with Crippen molar-refractivity contribution in [2.75, 3.05) is 18.9 Å². The summed E-state index contributed by atoms with van der Waals surface area (Å²) in [6.07, 6.45) is 4.08. The molecule has 2 aliphatic rings. The van der Waals surface area contributed by atoms with Crippen LogP contribution in [0.3, 0.4) is 0 Å². The maximum atomic E-state index is 12.3. The van der Waals surface area contributed by atoms with Crippen LogP contribution in [0.2, 0.25) is 0 Å². The molecule has 1 aromatic carbocycles. The summed E-state index contributed by atoms with van der Waals surface area (Å²) >= 11 is 0. The summed E-state index contributed by atoms with van der Waals surface area (Å²) in [7, 11) is 1.65. The fourth-order valence-electron chi connectivity index (χ4n) is 4.39. The molecule has 32 heavy (non-hydrogen) atoms. The van der Waals surface area contributed by atoms with Gasteiger partial charge < -0.3 is 25.0 Å². The van der Waals surface area contributed by atoms with Gasteiger partial charge in [-0.05, 0) is 31.4 Å². The molecule has 3 N–H and O–H groups in total. The minimum Gasteiger partial charge on any atom is -0.393 e. The lowest BCUT2D eigenvalue weighted by Crippen LogP contribution is -2.35. The van der Waals surface area contributed by atoms with E-state index in [-0.39, 0.29) is 30.2 Å². The molecule has 1 amide bonds. The van der Waals surface area contributed by atoms with Crippen molar-refractivity contribution in [3.05, 3.63) is 48.4 Å². The zero-order valence-corrected chi connectivity index (χ0v) is 17.7. The fraction of sp³-hybridized carbons (Fsp3) is 0.391. The van der Waals surface area contributed by atoms with Gasteiger partial charge in [0.05, 0.1) is 11.8 Å². The van der Waals surface area contributed by atoms with Gasteiger partial charge in [0.2, 0.25) is 11.5 Å². The first-order valence-electron chi connectivity index (χ1n) is 10.8. The van der Waals surface area contributed by atoms with Crippen molar-refractivity contribution in [2.45, 2.75) is 43.4 Å². The highest BCUT2D eigenvalue weighted by Crippen LogP contribution is 2.35. The highest BCUT2D eigenvalue weighted by molar-refractivity contribution is 5.87. The Morgan fingerprint density at radius 2 is 2.00 bits per heavy atom. The SMILES string of the molecule is CN1CCC(O)(c2cc(-c3cccc(-c4ccnc(N[C@H]5CC[C@H](O)C5)n4)c3)no2)C1=O. The average Bonchev–Trinajstić information content (AvgIpc) is 3.52. The van der Waals surface area contributed by atoms with Crippen LogP contribution in [0.25, 0.3) is 22.5 Å². The summed E-state index contributed by atoms with van der Waals surface area (Å²) in [4.78, 5) is 22.8. The van der Waals surface area contributed by atoms with Gasteiger partial charge >= 0.3 is 0 Å². The molecule has 1 unspecified atom stereocenters. The number of carbonyl (C=O) groups excluding carboxylic acids is 1. The second-order valence-electron chi connectivity index (χ2n) is 8.57. The molecule has 2 aromatic heterocycles. The van der Waals surface area contributed by atoms with Gasteiger partial charge in [-0.1, -0.05) is 23.4 Å². The van der Waals surface area contributed by atoms with Crippen molar-refractivity contribution in [3.63, 3.8) is 0 Å². The molecule has 166 valence electrons.